The molecule has 1 aromatic rings. The summed E-state index contributed by atoms with van der Waals surface area (Å²) >= 11 is 0. The van der Waals surface area contributed by atoms with Crippen LogP contribution in [0.4, 0.5) is 0 Å². The molecule has 2 rings (SSSR count). The van der Waals surface area contributed by atoms with Crippen LogP contribution in [0.15, 0.2) is 24.3 Å². The molecule has 1 fully saturated rings. The summed E-state index contributed by atoms with van der Waals surface area (Å²) in [4.78, 5) is 14.0. The Morgan fingerprint density at radius 2 is 2.29 bits per heavy atom. The fourth-order valence-electron chi connectivity index (χ4n) is 2.77. The number of hydrogen-bond acceptors (Lipinski definition) is 3. The van der Waals surface area contributed by atoms with Crippen LogP contribution >= 0.6 is 0 Å². The zero-order chi connectivity index (χ0) is 15.2. The van der Waals surface area contributed by atoms with Crippen LogP contribution in [0.2, 0.25) is 0 Å². The molecule has 0 radical (unpaired) electrons. The van der Waals surface area contributed by atoms with Gasteiger partial charge in [0.25, 0.3) is 0 Å². The number of benzene rings is 1. The first-order chi connectivity index (χ1) is 10.1. The summed E-state index contributed by atoms with van der Waals surface area (Å²) in [6.07, 6.45) is 1.72. The lowest BCUT2D eigenvalue weighted by Crippen LogP contribution is -2.46. The number of ether oxygens (including phenoxy) is 1. The van der Waals surface area contributed by atoms with Gasteiger partial charge < -0.3 is 14.7 Å². The Morgan fingerprint density at radius 1 is 1.48 bits per heavy atom. The number of aliphatic hydroxyl groups excluding tert-OH is 1. The Hall–Kier alpha value is -1.55. The Balaban J connectivity index is 1.77. The molecule has 0 bridgehead atoms. The minimum absolute atomic E-state index is 0.119. The van der Waals surface area contributed by atoms with E-state index in [1.54, 1.807) is 0 Å². The van der Waals surface area contributed by atoms with Crippen molar-refractivity contribution in [2.24, 2.45) is 5.92 Å². The molecule has 1 aliphatic rings. The van der Waals surface area contributed by atoms with E-state index < -0.39 is 0 Å². The second-order valence-electron chi connectivity index (χ2n) is 5.78. The lowest BCUT2D eigenvalue weighted by molar-refractivity contribution is -0.135. The standard InChI is InChI=1S/C17H25NO3/c1-3-14-12-18(9-7-16(14)19)17(20)8-10-21-15-6-4-5-13(2)11-15/h4-6,11,14,16,19H,3,7-10,12H2,1-2H3. The van der Waals surface area contributed by atoms with E-state index in [1.807, 2.05) is 36.1 Å². The van der Waals surface area contributed by atoms with Gasteiger partial charge in [-0.25, -0.2) is 0 Å². The molecular weight excluding hydrogens is 266 g/mol. The molecule has 1 aliphatic heterocycles. The minimum Gasteiger partial charge on any atom is -0.493 e. The quantitative estimate of drug-likeness (QED) is 0.906. The lowest BCUT2D eigenvalue weighted by Gasteiger charge is -2.35. The van der Waals surface area contributed by atoms with Crippen LogP contribution in [0.3, 0.4) is 0 Å². The number of piperidine rings is 1. The van der Waals surface area contributed by atoms with E-state index in [0.717, 1.165) is 17.7 Å². The molecule has 4 nitrogen and oxygen atoms in total. The summed E-state index contributed by atoms with van der Waals surface area (Å²) in [6, 6.07) is 7.84. The van der Waals surface area contributed by atoms with Crippen LogP contribution in [0.1, 0.15) is 31.7 Å². The maximum absolute atomic E-state index is 12.2. The highest BCUT2D eigenvalue weighted by Gasteiger charge is 2.28. The van der Waals surface area contributed by atoms with Gasteiger partial charge in [0.2, 0.25) is 5.91 Å². The van der Waals surface area contributed by atoms with Crippen LogP contribution < -0.4 is 4.74 Å². The van der Waals surface area contributed by atoms with E-state index in [2.05, 4.69) is 6.92 Å². The van der Waals surface area contributed by atoms with Gasteiger partial charge in [-0.2, -0.15) is 0 Å². The molecule has 2 unspecified atom stereocenters. The number of amides is 1. The predicted octanol–water partition coefficient (Wildman–Crippen LogP) is 2.38. The number of aliphatic hydroxyl groups is 1. The summed E-state index contributed by atoms with van der Waals surface area (Å²) in [5.41, 5.74) is 1.15. The molecule has 0 aliphatic carbocycles. The van der Waals surface area contributed by atoms with E-state index in [9.17, 15) is 9.90 Å². The third kappa shape index (κ3) is 4.46. The third-order valence-corrected chi connectivity index (χ3v) is 4.15. The lowest BCUT2D eigenvalue weighted by atomic mass is 9.92. The van der Waals surface area contributed by atoms with Gasteiger partial charge in [-0.3, -0.25) is 4.79 Å². The number of nitrogens with zero attached hydrogens (tertiary/aromatic N) is 1. The number of hydrogen-bond donors (Lipinski definition) is 1. The van der Waals surface area contributed by atoms with E-state index in [0.29, 0.717) is 32.5 Å². The van der Waals surface area contributed by atoms with Crippen molar-refractivity contribution in [2.75, 3.05) is 19.7 Å². The van der Waals surface area contributed by atoms with E-state index in [1.165, 1.54) is 0 Å². The Morgan fingerprint density at radius 3 is 3.00 bits per heavy atom. The number of aryl methyl sites for hydroxylation is 1. The molecule has 4 heteroatoms. The van der Waals surface area contributed by atoms with Crippen molar-refractivity contribution in [3.8, 4) is 5.75 Å². The number of rotatable bonds is 5. The summed E-state index contributed by atoms with van der Waals surface area (Å²) in [7, 11) is 0. The van der Waals surface area contributed by atoms with Gasteiger partial charge in [-0.1, -0.05) is 19.1 Å². The van der Waals surface area contributed by atoms with Crippen molar-refractivity contribution in [1.82, 2.24) is 4.90 Å². The molecule has 116 valence electrons. The first-order valence-corrected chi connectivity index (χ1v) is 7.75. The fraction of sp³-hybridized carbons (Fsp3) is 0.588. The topological polar surface area (TPSA) is 49.8 Å². The molecule has 1 N–H and O–H groups in total. The maximum Gasteiger partial charge on any atom is 0.226 e. The second kappa shape index (κ2) is 7.46. The van der Waals surface area contributed by atoms with Crippen LogP contribution in [0.25, 0.3) is 0 Å². The van der Waals surface area contributed by atoms with E-state index in [4.69, 9.17) is 4.74 Å². The Bertz CT molecular complexity index is 475. The molecule has 1 heterocycles. The van der Waals surface area contributed by atoms with Gasteiger partial charge >= 0.3 is 0 Å². The Labute approximate surface area is 126 Å². The summed E-state index contributed by atoms with van der Waals surface area (Å²) < 4.78 is 5.63. The molecular formula is C17H25NO3. The first kappa shape index (κ1) is 15.8. The average Bonchev–Trinajstić information content (AvgIpc) is 2.47. The predicted molar refractivity (Wildman–Crippen MR) is 82.3 cm³/mol. The molecule has 1 amide bonds. The molecule has 0 spiro atoms. The third-order valence-electron chi connectivity index (χ3n) is 4.15. The number of carbonyl (C=O) groups excluding carboxylic acids is 1. The zero-order valence-electron chi connectivity index (χ0n) is 12.9. The number of likely N-dealkylation sites (tertiary alicyclic amines) is 1. The fourth-order valence-corrected chi connectivity index (χ4v) is 2.77. The molecule has 1 saturated heterocycles. The molecule has 21 heavy (non-hydrogen) atoms. The van der Waals surface area contributed by atoms with Crippen molar-refractivity contribution >= 4 is 5.91 Å². The van der Waals surface area contributed by atoms with Crippen LogP contribution in [0, 0.1) is 12.8 Å². The van der Waals surface area contributed by atoms with Crippen molar-refractivity contribution in [3.63, 3.8) is 0 Å². The largest absolute Gasteiger partial charge is 0.493 e. The molecule has 1 aromatic carbocycles. The van der Waals surface area contributed by atoms with Gasteiger partial charge in [-0.05, 0) is 37.5 Å². The first-order valence-electron chi connectivity index (χ1n) is 7.75. The smallest absolute Gasteiger partial charge is 0.226 e. The van der Waals surface area contributed by atoms with E-state index >= 15 is 0 Å². The van der Waals surface area contributed by atoms with Crippen molar-refractivity contribution in [3.05, 3.63) is 29.8 Å². The monoisotopic (exact) mass is 291 g/mol. The summed E-state index contributed by atoms with van der Waals surface area (Å²) in [5.74, 6) is 1.14. The molecule has 0 aromatic heterocycles. The van der Waals surface area contributed by atoms with Crippen molar-refractivity contribution < 1.29 is 14.6 Å². The van der Waals surface area contributed by atoms with Crippen LogP contribution in [-0.4, -0.2) is 41.7 Å². The normalized spacial score (nSPS) is 22.1. The SMILES string of the molecule is CCC1CN(C(=O)CCOc2cccc(C)c2)CCC1O. The highest BCUT2D eigenvalue weighted by Crippen LogP contribution is 2.20. The molecule has 0 saturated carbocycles. The summed E-state index contributed by atoms with van der Waals surface area (Å²) in [5, 5.41) is 9.86. The van der Waals surface area contributed by atoms with Crippen molar-refractivity contribution in [1.29, 1.82) is 0 Å². The van der Waals surface area contributed by atoms with Gasteiger partial charge in [0.15, 0.2) is 0 Å². The Kier molecular flexibility index (Phi) is 5.62. The van der Waals surface area contributed by atoms with Gasteiger partial charge in [0.05, 0.1) is 19.1 Å². The van der Waals surface area contributed by atoms with Crippen LogP contribution in [-0.2, 0) is 4.79 Å². The second-order valence-corrected chi connectivity index (χ2v) is 5.78. The highest BCUT2D eigenvalue weighted by molar-refractivity contribution is 5.76. The summed E-state index contributed by atoms with van der Waals surface area (Å²) in [6.45, 7) is 5.80. The number of carbonyl (C=O) groups is 1. The maximum atomic E-state index is 12.2. The van der Waals surface area contributed by atoms with Gasteiger partial charge in [0, 0.05) is 19.0 Å². The van der Waals surface area contributed by atoms with Crippen LogP contribution in [0.5, 0.6) is 5.75 Å². The zero-order valence-corrected chi connectivity index (χ0v) is 12.9. The van der Waals surface area contributed by atoms with Gasteiger partial charge in [0.1, 0.15) is 5.75 Å². The average molecular weight is 291 g/mol. The minimum atomic E-state index is -0.261. The van der Waals surface area contributed by atoms with Gasteiger partial charge in [-0.15, -0.1) is 0 Å². The van der Waals surface area contributed by atoms with E-state index in [-0.39, 0.29) is 17.9 Å². The molecule has 2 atom stereocenters. The highest BCUT2D eigenvalue weighted by atomic mass is 16.5. The van der Waals surface area contributed by atoms with Crippen molar-refractivity contribution in [2.45, 2.75) is 39.2 Å².